The molecule has 1 aromatic carbocycles. The largest absolute Gasteiger partial charge is 0.495 e. The van der Waals surface area contributed by atoms with Gasteiger partial charge in [0.05, 0.1) is 36.8 Å². The molecule has 0 N–H and O–H groups in total. The van der Waals surface area contributed by atoms with Gasteiger partial charge >= 0.3 is 0 Å². The molecule has 0 aromatic heterocycles. The van der Waals surface area contributed by atoms with Gasteiger partial charge in [0.2, 0.25) is 11.8 Å². The zero-order chi connectivity index (χ0) is 13.9. The quantitative estimate of drug-likeness (QED) is 0.763. The van der Waals surface area contributed by atoms with Crippen LogP contribution < -0.4 is 9.64 Å². The first-order valence-electron chi connectivity index (χ1n) is 6.88. The maximum atomic E-state index is 12.6. The first-order valence-corrected chi connectivity index (χ1v) is 6.88. The summed E-state index contributed by atoms with van der Waals surface area (Å²) >= 11 is 0. The van der Waals surface area contributed by atoms with E-state index in [1.807, 2.05) is 6.07 Å². The Balaban J connectivity index is 1.77. The maximum Gasteiger partial charge on any atom is 0.240 e. The summed E-state index contributed by atoms with van der Waals surface area (Å²) in [4.78, 5) is 26.5. The lowest BCUT2D eigenvalue weighted by Crippen LogP contribution is -2.34. The number of methoxy groups -OCH3 is 1. The van der Waals surface area contributed by atoms with Crippen molar-refractivity contribution in [3.63, 3.8) is 0 Å². The van der Waals surface area contributed by atoms with Crippen LogP contribution in [0.25, 0.3) is 0 Å². The van der Waals surface area contributed by atoms with Crippen molar-refractivity contribution in [2.45, 2.75) is 25.0 Å². The van der Waals surface area contributed by atoms with Gasteiger partial charge in [0.15, 0.2) is 0 Å². The van der Waals surface area contributed by atoms with Crippen molar-refractivity contribution >= 4 is 17.5 Å². The van der Waals surface area contributed by atoms with Crippen LogP contribution in [0.4, 0.5) is 5.69 Å². The number of fused-ring (bicyclic) bond motifs is 5. The molecule has 104 valence electrons. The van der Waals surface area contributed by atoms with Gasteiger partial charge in [0.1, 0.15) is 5.75 Å². The number of carbonyl (C=O) groups excluding carboxylic acids is 2. The molecule has 3 aliphatic heterocycles. The molecule has 5 nitrogen and oxygen atoms in total. The highest BCUT2D eigenvalue weighted by Gasteiger charge is 2.62. The molecule has 0 saturated carbocycles. The van der Waals surface area contributed by atoms with Crippen LogP contribution in [0.2, 0.25) is 0 Å². The Labute approximate surface area is 116 Å². The van der Waals surface area contributed by atoms with Gasteiger partial charge in [-0.1, -0.05) is 12.1 Å². The minimum Gasteiger partial charge on any atom is -0.495 e. The number of carbonyl (C=O) groups is 2. The van der Waals surface area contributed by atoms with Gasteiger partial charge in [0.25, 0.3) is 0 Å². The Bertz CT molecular complexity index is 571. The van der Waals surface area contributed by atoms with E-state index in [1.54, 1.807) is 18.2 Å². The van der Waals surface area contributed by atoms with Crippen LogP contribution in [0.1, 0.15) is 12.8 Å². The van der Waals surface area contributed by atoms with Gasteiger partial charge in [0, 0.05) is 0 Å². The summed E-state index contributed by atoms with van der Waals surface area (Å²) in [5.41, 5.74) is 0.541. The normalized spacial score (nSPS) is 34.8. The zero-order valence-corrected chi connectivity index (χ0v) is 11.1. The molecule has 0 radical (unpaired) electrons. The standard InChI is InChI=1S/C15H15NO4/c1-19-9-5-3-2-4-8(9)16-14(17)12-10-6-7-11(20-10)13(12)15(16)18/h2-5,10-13H,6-7H2,1H3. The smallest absolute Gasteiger partial charge is 0.240 e. The number of hydrogen-bond donors (Lipinski definition) is 0. The number of rotatable bonds is 2. The SMILES string of the molecule is COc1ccccc1N1C(=O)C2C3CCC(O3)C2C1=O. The number of imide groups is 1. The fourth-order valence-electron chi connectivity index (χ4n) is 3.76. The molecule has 0 aliphatic carbocycles. The summed E-state index contributed by atoms with van der Waals surface area (Å²) in [6.07, 6.45) is 1.59. The van der Waals surface area contributed by atoms with E-state index >= 15 is 0 Å². The molecular formula is C15H15NO4. The summed E-state index contributed by atoms with van der Waals surface area (Å²) in [6.45, 7) is 0. The second-order valence-electron chi connectivity index (χ2n) is 5.53. The molecule has 4 rings (SSSR count). The predicted molar refractivity (Wildman–Crippen MR) is 70.4 cm³/mol. The van der Waals surface area contributed by atoms with E-state index in [0.29, 0.717) is 11.4 Å². The average molecular weight is 273 g/mol. The minimum absolute atomic E-state index is 0.0823. The zero-order valence-electron chi connectivity index (χ0n) is 11.1. The van der Waals surface area contributed by atoms with Crippen molar-refractivity contribution in [1.82, 2.24) is 0 Å². The lowest BCUT2D eigenvalue weighted by Gasteiger charge is -2.19. The second-order valence-corrected chi connectivity index (χ2v) is 5.53. The molecular weight excluding hydrogens is 258 g/mol. The van der Waals surface area contributed by atoms with Crippen LogP contribution in [0.15, 0.2) is 24.3 Å². The highest BCUT2D eigenvalue weighted by molar-refractivity contribution is 6.23. The molecule has 0 spiro atoms. The summed E-state index contributed by atoms with van der Waals surface area (Å²) in [5, 5.41) is 0. The van der Waals surface area contributed by atoms with E-state index in [1.165, 1.54) is 12.0 Å². The predicted octanol–water partition coefficient (Wildman–Crippen LogP) is 1.36. The Morgan fingerprint density at radius 2 is 1.70 bits per heavy atom. The van der Waals surface area contributed by atoms with Gasteiger partial charge in [-0.05, 0) is 25.0 Å². The van der Waals surface area contributed by atoms with Crippen molar-refractivity contribution in [3.05, 3.63) is 24.3 Å². The third-order valence-electron chi connectivity index (χ3n) is 4.61. The van der Waals surface area contributed by atoms with Crippen molar-refractivity contribution in [1.29, 1.82) is 0 Å². The fourth-order valence-corrected chi connectivity index (χ4v) is 3.76. The van der Waals surface area contributed by atoms with Crippen molar-refractivity contribution in [3.8, 4) is 5.75 Å². The van der Waals surface area contributed by atoms with Gasteiger partial charge in [-0.25, -0.2) is 4.90 Å². The van der Waals surface area contributed by atoms with E-state index < -0.39 is 0 Å². The number of anilines is 1. The Morgan fingerprint density at radius 3 is 2.30 bits per heavy atom. The van der Waals surface area contributed by atoms with E-state index in [4.69, 9.17) is 9.47 Å². The molecule has 4 unspecified atom stereocenters. The summed E-state index contributed by atoms with van der Waals surface area (Å²) < 4.78 is 11.0. The lowest BCUT2D eigenvalue weighted by atomic mass is 9.81. The molecule has 4 atom stereocenters. The number of ether oxygens (including phenoxy) is 2. The molecule has 20 heavy (non-hydrogen) atoms. The van der Waals surface area contributed by atoms with E-state index in [0.717, 1.165) is 12.8 Å². The van der Waals surface area contributed by atoms with Crippen LogP contribution in [0.3, 0.4) is 0 Å². The van der Waals surface area contributed by atoms with Crippen LogP contribution in [0.5, 0.6) is 5.75 Å². The second kappa shape index (κ2) is 4.06. The summed E-state index contributed by atoms with van der Waals surface area (Å²) in [6, 6.07) is 7.13. The first kappa shape index (κ1) is 11.9. The van der Waals surface area contributed by atoms with Crippen molar-refractivity contribution in [2.75, 3.05) is 12.0 Å². The number of nitrogens with zero attached hydrogens (tertiary/aromatic N) is 1. The van der Waals surface area contributed by atoms with Crippen molar-refractivity contribution < 1.29 is 19.1 Å². The number of benzene rings is 1. The number of para-hydroxylation sites is 2. The monoisotopic (exact) mass is 273 g/mol. The minimum atomic E-state index is -0.300. The van der Waals surface area contributed by atoms with Crippen molar-refractivity contribution in [2.24, 2.45) is 11.8 Å². The number of amides is 2. The molecule has 3 saturated heterocycles. The maximum absolute atomic E-state index is 12.6. The Kier molecular flexibility index (Phi) is 2.41. The van der Waals surface area contributed by atoms with Gasteiger partial charge < -0.3 is 9.47 Å². The van der Waals surface area contributed by atoms with E-state index in [2.05, 4.69) is 0 Å². The van der Waals surface area contributed by atoms with Crippen LogP contribution >= 0.6 is 0 Å². The number of hydrogen-bond acceptors (Lipinski definition) is 4. The van der Waals surface area contributed by atoms with Gasteiger partial charge in [-0.2, -0.15) is 0 Å². The highest BCUT2D eigenvalue weighted by Crippen LogP contribution is 2.50. The molecule has 2 bridgehead atoms. The average Bonchev–Trinajstić information content (AvgIpc) is 3.13. The highest BCUT2D eigenvalue weighted by atomic mass is 16.5. The summed E-state index contributed by atoms with van der Waals surface area (Å²) in [5.74, 6) is -0.340. The third-order valence-corrected chi connectivity index (χ3v) is 4.61. The topological polar surface area (TPSA) is 55.8 Å². The van der Waals surface area contributed by atoms with Crippen LogP contribution in [-0.2, 0) is 14.3 Å². The molecule has 2 amide bonds. The third kappa shape index (κ3) is 1.36. The van der Waals surface area contributed by atoms with Crippen LogP contribution in [-0.4, -0.2) is 31.1 Å². The Morgan fingerprint density at radius 1 is 1.10 bits per heavy atom. The van der Waals surface area contributed by atoms with E-state index in [-0.39, 0.29) is 35.9 Å². The lowest BCUT2D eigenvalue weighted by molar-refractivity contribution is -0.124. The van der Waals surface area contributed by atoms with Gasteiger partial charge in [-0.3, -0.25) is 9.59 Å². The fraction of sp³-hybridized carbons (Fsp3) is 0.467. The Hall–Kier alpha value is -1.88. The molecule has 3 heterocycles. The summed E-state index contributed by atoms with van der Waals surface area (Å²) in [7, 11) is 1.54. The molecule has 3 fully saturated rings. The van der Waals surface area contributed by atoms with E-state index in [9.17, 15) is 9.59 Å². The van der Waals surface area contributed by atoms with Gasteiger partial charge in [-0.15, -0.1) is 0 Å². The van der Waals surface area contributed by atoms with Crippen LogP contribution in [0, 0.1) is 11.8 Å². The molecule has 1 aromatic rings. The molecule has 5 heteroatoms. The first-order chi connectivity index (χ1) is 9.72. The molecule has 3 aliphatic rings.